The number of primary amides is 2. The van der Waals surface area contributed by atoms with Crippen molar-refractivity contribution in [3.8, 4) is 0 Å². The molecule has 0 spiro atoms. The number of carboxylic acid groups (broad SMARTS) is 2. The molecule has 0 aromatic rings. The molecular formula is C15H32N4O4. The maximum atomic E-state index is 8.78. The predicted molar refractivity (Wildman–Crippen MR) is 88.9 cm³/mol. The smallest absolute Gasteiger partial charge is 0.402 e. The minimum Gasteiger partial charge on any atom is -0.465 e. The van der Waals surface area contributed by atoms with Gasteiger partial charge in [0.2, 0.25) is 0 Å². The maximum absolute atomic E-state index is 8.78. The standard InChI is InChI=1S/C13H26N2.2CH3NO2/c14-12-5-1-10(2-6-12)9-11-3-7-13(15)8-4-11;2*2-1(3)4/h10-13H,1-9,14-15H2;2*2H2,(H,3,4). The lowest BCUT2D eigenvalue weighted by atomic mass is 9.76. The SMILES string of the molecule is NC(=O)O.NC(=O)O.NC1CCC(CC2CCC(N)CC2)CC1. The van der Waals surface area contributed by atoms with E-state index in [4.69, 9.17) is 31.3 Å². The molecule has 0 bridgehead atoms. The van der Waals surface area contributed by atoms with Crippen molar-refractivity contribution in [3.05, 3.63) is 0 Å². The van der Waals surface area contributed by atoms with Crippen LogP contribution in [-0.4, -0.2) is 34.5 Å². The Morgan fingerprint density at radius 1 is 0.696 bits per heavy atom. The van der Waals surface area contributed by atoms with Gasteiger partial charge in [-0.25, -0.2) is 9.59 Å². The Balaban J connectivity index is 0.000000509. The van der Waals surface area contributed by atoms with Crippen LogP contribution >= 0.6 is 0 Å². The van der Waals surface area contributed by atoms with Gasteiger partial charge in [-0.05, 0) is 69.6 Å². The van der Waals surface area contributed by atoms with Crippen molar-refractivity contribution in [1.29, 1.82) is 0 Å². The Morgan fingerprint density at radius 3 is 1.13 bits per heavy atom. The van der Waals surface area contributed by atoms with Crippen molar-refractivity contribution >= 4 is 12.2 Å². The largest absolute Gasteiger partial charge is 0.465 e. The highest BCUT2D eigenvalue weighted by Gasteiger charge is 2.24. The van der Waals surface area contributed by atoms with Crippen LogP contribution in [0.4, 0.5) is 9.59 Å². The Labute approximate surface area is 137 Å². The average Bonchev–Trinajstić information content (AvgIpc) is 2.43. The molecule has 2 fully saturated rings. The Kier molecular flexibility index (Phi) is 11.2. The van der Waals surface area contributed by atoms with Crippen LogP contribution in [-0.2, 0) is 0 Å². The third kappa shape index (κ3) is 13.8. The molecule has 0 unspecified atom stereocenters. The molecule has 0 aromatic heterocycles. The minimum absolute atomic E-state index is 0.501. The molecule has 2 saturated carbocycles. The lowest BCUT2D eigenvalue weighted by Crippen LogP contribution is -2.30. The predicted octanol–water partition coefficient (Wildman–Crippen LogP) is 1.66. The molecule has 0 atom stereocenters. The van der Waals surface area contributed by atoms with E-state index in [0.29, 0.717) is 12.1 Å². The zero-order valence-corrected chi connectivity index (χ0v) is 13.7. The lowest BCUT2D eigenvalue weighted by molar-refractivity contribution is 0.204. The highest BCUT2D eigenvalue weighted by Crippen LogP contribution is 2.34. The molecule has 10 N–H and O–H groups in total. The molecular weight excluding hydrogens is 300 g/mol. The highest BCUT2D eigenvalue weighted by molar-refractivity contribution is 5.61. The maximum Gasteiger partial charge on any atom is 0.402 e. The molecule has 2 aliphatic carbocycles. The van der Waals surface area contributed by atoms with E-state index in [1.807, 2.05) is 0 Å². The van der Waals surface area contributed by atoms with Crippen LogP contribution in [0.25, 0.3) is 0 Å². The number of rotatable bonds is 2. The molecule has 2 aliphatic rings. The van der Waals surface area contributed by atoms with Gasteiger partial charge in [0, 0.05) is 12.1 Å². The quantitative estimate of drug-likeness (QED) is 0.447. The van der Waals surface area contributed by atoms with Gasteiger partial charge in [0.15, 0.2) is 0 Å². The molecule has 2 amide bonds. The molecule has 23 heavy (non-hydrogen) atoms. The van der Waals surface area contributed by atoms with E-state index >= 15 is 0 Å². The minimum atomic E-state index is -1.33. The molecule has 0 aliphatic heterocycles. The van der Waals surface area contributed by atoms with Gasteiger partial charge < -0.3 is 33.1 Å². The number of nitrogens with two attached hydrogens (primary N) is 4. The first-order chi connectivity index (χ1) is 10.7. The number of carbonyl (C=O) groups is 2. The fraction of sp³-hybridized carbons (Fsp3) is 0.867. The van der Waals surface area contributed by atoms with Crippen LogP contribution in [0.3, 0.4) is 0 Å². The van der Waals surface area contributed by atoms with E-state index in [2.05, 4.69) is 11.5 Å². The molecule has 8 heteroatoms. The summed E-state index contributed by atoms with van der Waals surface area (Å²) in [5.41, 5.74) is 19.9. The normalized spacial score (nSPS) is 30.0. The van der Waals surface area contributed by atoms with E-state index < -0.39 is 12.2 Å². The summed E-state index contributed by atoms with van der Waals surface area (Å²) in [4.78, 5) is 17.6. The van der Waals surface area contributed by atoms with Gasteiger partial charge in [0.1, 0.15) is 0 Å². The second kappa shape index (κ2) is 12.0. The summed E-state index contributed by atoms with van der Waals surface area (Å²) in [6.07, 6.45) is 9.35. The van der Waals surface area contributed by atoms with Crippen molar-refractivity contribution in [3.63, 3.8) is 0 Å². The monoisotopic (exact) mass is 332 g/mol. The van der Waals surface area contributed by atoms with E-state index in [1.54, 1.807) is 0 Å². The van der Waals surface area contributed by atoms with Gasteiger partial charge >= 0.3 is 12.2 Å². The van der Waals surface area contributed by atoms with Crippen LogP contribution in [0, 0.1) is 11.8 Å². The van der Waals surface area contributed by atoms with Gasteiger partial charge in [-0.2, -0.15) is 0 Å². The molecule has 0 radical (unpaired) electrons. The van der Waals surface area contributed by atoms with E-state index in [0.717, 1.165) is 11.8 Å². The first kappa shape index (κ1) is 21.5. The number of amides is 2. The Bertz CT molecular complexity index is 298. The summed E-state index contributed by atoms with van der Waals surface area (Å²) in [7, 11) is 0. The molecule has 0 saturated heterocycles. The van der Waals surface area contributed by atoms with E-state index in [-0.39, 0.29) is 0 Å². The summed E-state index contributed by atoms with van der Waals surface area (Å²) >= 11 is 0. The van der Waals surface area contributed by atoms with Crippen LogP contribution in [0.5, 0.6) is 0 Å². The van der Waals surface area contributed by atoms with Gasteiger partial charge in [-0.1, -0.05) is 0 Å². The van der Waals surface area contributed by atoms with Crippen LogP contribution in [0.1, 0.15) is 57.8 Å². The molecule has 136 valence electrons. The zero-order valence-electron chi connectivity index (χ0n) is 13.7. The summed E-state index contributed by atoms with van der Waals surface area (Å²) < 4.78 is 0. The average molecular weight is 332 g/mol. The summed E-state index contributed by atoms with van der Waals surface area (Å²) in [6, 6.07) is 1.00. The zero-order chi connectivity index (χ0) is 17.8. The van der Waals surface area contributed by atoms with Crippen molar-refractivity contribution in [1.82, 2.24) is 0 Å². The molecule has 0 aromatic carbocycles. The van der Waals surface area contributed by atoms with Crippen LogP contribution in [0.15, 0.2) is 0 Å². The Hall–Kier alpha value is -1.54. The van der Waals surface area contributed by atoms with Crippen molar-refractivity contribution in [2.24, 2.45) is 34.8 Å². The summed E-state index contributed by atoms with van der Waals surface area (Å²) in [6.45, 7) is 0. The van der Waals surface area contributed by atoms with Gasteiger partial charge in [0.05, 0.1) is 0 Å². The van der Waals surface area contributed by atoms with Crippen molar-refractivity contribution < 1.29 is 19.8 Å². The summed E-state index contributed by atoms with van der Waals surface area (Å²) in [5.74, 6) is 1.95. The van der Waals surface area contributed by atoms with Crippen molar-refractivity contribution in [2.75, 3.05) is 0 Å². The van der Waals surface area contributed by atoms with E-state index in [9.17, 15) is 0 Å². The highest BCUT2D eigenvalue weighted by atomic mass is 16.4. The lowest BCUT2D eigenvalue weighted by Gasteiger charge is -2.32. The third-order valence-electron chi connectivity index (χ3n) is 4.45. The topological polar surface area (TPSA) is 179 Å². The molecule has 0 heterocycles. The summed E-state index contributed by atoms with van der Waals surface area (Å²) in [5, 5.41) is 14.4. The van der Waals surface area contributed by atoms with Crippen LogP contribution < -0.4 is 22.9 Å². The van der Waals surface area contributed by atoms with Gasteiger partial charge in [-0.3, -0.25) is 0 Å². The second-order valence-electron chi connectivity index (χ2n) is 6.47. The molecule has 2 rings (SSSR count). The fourth-order valence-electron chi connectivity index (χ4n) is 3.32. The van der Waals surface area contributed by atoms with Crippen LogP contribution in [0.2, 0.25) is 0 Å². The number of hydrogen-bond acceptors (Lipinski definition) is 4. The first-order valence-electron chi connectivity index (χ1n) is 8.18. The number of hydrogen-bond donors (Lipinski definition) is 6. The van der Waals surface area contributed by atoms with Gasteiger partial charge in [0.25, 0.3) is 0 Å². The first-order valence-corrected chi connectivity index (χ1v) is 8.18. The Morgan fingerprint density at radius 2 is 0.913 bits per heavy atom. The van der Waals surface area contributed by atoms with Gasteiger partial charge in [-0.15, -0.1) is 0 Å². The van der Waals surface area contributed by atoms with E-state index in [1.165, 1.54) is 57.8 Å². The van der Waals surface area contributed by atoms with Crippen molar-refractivity contribution in [2.45, 2.75) is 69.9 Å². The molecule has 8 nitrogen and oxygen atoms in total. The fourth-order valence-corrected chi connectivity index (χ4v) is 3.32. The second-order valence-corrected chi connectivity index (χ2v) is 6.47. The third-order valence-corrected chi connectivity index (χ3v) is 4.45.